The van der Waals surface area contributed by atoms with Crippen molar-refractivity contribution in [2.24, 2.45) is 13.0 Å². The van der Waals surface area contributed by atoms with Crippen LogP contribution in [0.25, 0.3) is 0 Å². The molecule has 2 unspecified atom stereocenters. The summed E-state index contributed by atoms with van der Waals surface area (Å²) in [6, 6.07) is 0. The van der Waals surface area contributed by atoms with Gasteiger partial charge in [-0.15, -0.1) is 0 Å². The van der Waals surface area contributed by atoms with Gasteiger partial charge in [0.2, 0.25) is 0 Å². The molecule has 2 atom stereocenters. The van der Waals surface area contributed by atoms with Crippen LogP contribution in [0.4, 0.5) is 0 Å². The maximum Gasteiger partial charge on any atom is 0.194 e. The van der Waals surface area contributed by atoms with E-state index >= 15 is 0 Å². The van der Waals surface area contributed by atoms with Gasteiger partial charge >= 0.3 is 0 Å². The summed E-state index contributed by atoms with van der Waals surface area (Å²) >= 11 is 0. The van der Waals surface area contributed by atoms with Crippen molar-refractivity contribution in [2.45, 2.75) is 19.4 Å². The largest absolute Gasteiger partial charge is 0.370 e. The molecule has 1 fully saturated rings. The minimum Gasteiger partial charge on any atom is -0.370 e. The third-order valence-corrected chi connectivity index (χ3v) is 2.64. The second-order valence-corrected chi connectivity index (χ2v) is 3.82. The van der Waals surface area contributed by atoms with Crippen LogP contribution >= 0.6 is 0 Å². The molecular formula is C10H14N2O2. The smallest absolute Gasteiger partial charge is 0.194 e. The van der Waals surface area contributed by atoms with Gasteiger partial charge in [0.1, 0.15) is 6.10 Å². The van der Waals surface area contributed by atoms with E-state index in [2.05, 4.69) is 5.10 Å². The quantitative estimate of drug-likeness (QED) is 0.660. The third-order valence-electron chi connectivity index (χ3n) is 2.64. The van der Waals surface area contributed by atoms with Crippen molar-refractivity contribution in [1.29, 1.82) is 0 Å². The Balaban J connectivity index is 2.15. The first-order chi connectivity index (χ1) is 6.68. The number of aryl methyl sites for hydroxylation is 1. The lowest BCUT2D eigenvalue weighted by Crippen LogP contribution is -2.24. The summed E-state index contributed by atoms with van der Waals surface area (Å²) < 4.78 is 7.04. The molecule has 2 rings (SSSR count). The highest BCUT2D eigenvalue weighted by molar-refractivity contribution is 5.99. The van der Waals surface area contributed by atoms with E-state index in [-0.39, 0.29) is 11.9 Å². The van der Waals surface area contributed by atoms with Gasteiger partial charge in [-0.2, -0.15) is 5.10 Å². The van der Waals surface area contributed by atoms with Crippen molar-refractivity contribution in [1.82, 2.24) is 9.78 Å². The Hall–Kier alpha value is -1.16. The maximum absolute atomic E-state index is 11.9. The second kappa shape index (κ2) is 3.53. The Bertz CT molecular complexity index is 346. The number of Topliss-reactive ketones (excluding diaryl/α,β-unsaturated/α-hetero) is 1. The van der Waals surface area contributed by atoms with Gasteiger partial charge in [-0.25, -0.2) is 0 Å². The second-order valence-electron chi connectivity index (χ2n) is 3.82. The number of nitrogens with zero attached hydrogens (tertiary/aromatic N) is 2. The van der Waals surface area contributed by atoms with Crippen LogP contribution in [-0.4, -0.2) is 28.3 Å². The summed E-state index contributed by atoms with van der Waals surface area (Å²) in [6.45, 7) is 2.74. The molecular weight excluding hydrogens is 180 g/mol. The van der Waals surface area contributed by atoms with Gasteiger partial charge in [-0.1, -0.05) is 6.92 Å². The lowest BCUT2D eigenvalue weighted by atomic mass is 9.98. The number of ketones is 1. The Morgan fingerprint density at radius 1 is 1.71 bits per heavy atom. The fraction of sp³-hybridized carbons (Fsp3) is 0.600. The zero-order chi connectivity index (χ0) is 10.1. The van der Waals surface area contributed by atoms with Crippen LogP contribution in [0.3, 0.4) is 0 Å². The molecule has 4 heteroatoms. The first-order valence-corrected chi connectivity index (χ1v) is 4.83. The molecule has 0 saturated carbocycles. The number of aromatic nitrogens is 2. The molecule has 14 heavy (non-hydrogen) atoms. The molecule has 0 spiro atoms. The van der Waals surface area contributed by atoms with Gasteiger partial charge in [0.05, 0.1) is 11.8 Å². The van der Waals surface area contributed by atoms with Gasteiger partial charge in [0, 0.05) is 19.9 Å². The zero-order valence-corrected chi connectivity index (χ0v) is 8.43. The fourth-order valence-corrected chi connectivity index (χ4v) is 1.74. The Kier molecular flexibility index (Phi) is 2.37. The lowest BCUT2D eigenvalue weighted by Gasteiger charge is -2.11. The Labute approximate surface area is 82.9 Å². The van der Waals surface area contributed by atoms with E-state index in [9.17, 15) is 4.79 Å². The molecule has 1 aliphatic heterocycles. The van der Waals surface area contributed by atoms with Gasteiger partial charge in [0.25, 0.3) is 0 Å². The molecule has 1 aromatic heterocycles. The predicted molar refractivity (Wildman–Crippen MR) is 51.1 cm³/mol. The molecule has 0 radical (unpaired) electrons. The summed E-state index contributed by atoms with van der Waals surface area (Å²) in [5.74, 6) is 0.380. The average Bonchev–Trinajstić information content (AvgIpc) is 2.73. The SMILES string of the molecule is CC1CCOC1C(=O)c1cnn(C)c1. The molecule has 0 bridgehead atoms. The minimum absolute atomic E-state index is 0.0584. The number of hydrogen-bond acceptors (Lipinski definition) is 3. The van der Waals surface area contributed by atoms with E-state index < -0.39 is 0 Å². The van der Waals surface area contributed by atoms with Gasteiger partial charge in [0.15, 0.2) is 5.78 Å². The summed E-state index contributed by atoms with van der Waals surface area (Å²) in [7, 11) is 1.80. The number of ether oxygens (including phenoxy) is 1. The third kappa shape index (κ3) is 1.57. The zero-order valence-electron chi connectivity index (χ0n) is 8.43. The minimum atomic E-state index is -0.265. The number of carbonyl (C=O) groups excluding carboxylic acids is 1. The van der Waals surface area contributed by atoms with Crippen molar-refractivity contribution in [3.63, 3.8) is 0 Å². The lowest BCUT2D eigenvalue weighted by molar-refractivity contribution is 0.0579. The van der Waals surface area contributed by atoms with Crippen molar-refractivity contribution < 1.29 is 9.53 Å². The Morgan fingerprint density at radius 3 is 3.00 bits per heavy atom. The van der Waals surface area contributed by atoms with E-state index in [0.29, 0.717) is 18.1 Å². The van der Waals surface area contributed by atoms with Crippen LogP contribution in [0.1, 0.15) is 23.7 Å². The van der Waals surface area contributed by atoms with Crippen LogP contribution in [0.15, 0.2) is 12.4 Å². The van der Waals surface area contributed by atoms with Crippen molar-refractivity contribution >= 4 is 5.78 Å². The standard InChI is InChI=1S/C10H14N2O2/c1-7-3-4-14-10(7)9(13)8-5-11-12(2)6-8/h5-7,10H,3-4H2,1-2H3. The first-order valence-electron chi connectivity index (χ1n) is 4.83. The average molecular weight is 194 g/mol. The van der Waals surface area contributed by atoms with E-state index in [1.807, 2.05) is 6.92 Å². The van der Waals surface area contributed by atoms with Crippen molar-refractivity contribution in [2.75, 3.05) is 6.61 Å². The molecule has 0 aliphatic carbocycles. The van der Waals surface area contributed by atoms with E-state index in [4.69, 9.17) is 4.74 Å². The molecule has 0 amide bonds. The van der Waals surface area contributed by atoms with E-state index in [0.717, 1.165) is 6.42 Å². The molecule has 76 valence electrons. The molecule has 0 aromatic carbocycles. The normalized spacial score (nSPS) is 26.7. The molecule has 1 saturated heterocycles. The van der Waals surface area contributed by atoms with E-state index in [1.54, 1.807) is 24.1 Å². The van der Waals surface area contributed by atoms with Crippen LogP contribution < -0.4 is 0 Å². The predicted octanol–water partition coefficient (Wildman–Crippen LogP) is 1.03. The summed E-state index contributed by atoms with van der Waals surface area (Å²) in [5.41, 5.74) is 0.645. The highest BCUT2D eigenvalue weighted by Gasteiger charge is 2.31. The number of rotatable bonds is 2. The first kappa shape index (κ1) is 9.40. The van der Waals surface area contributed by atoms with Gasteiger partial charge < -0.3 is 4.74 Å². The molecule has 2 heterocycles. The van der Waals surface area contributed by atoms with E-state index in [1.165, 1.54) is 0 Å². The van der Waals surface area contributed by atoms with Crippen LogP contribution in [0.5, 0.6) is 0 Å². The summed E-state index contributed by atoms with van der Waals surface area (Å²) in [6.07, 6.45) is 4.03. The number of hydrogen-bond donors (Lipinski definition) is 0. The maximum atomic E-state index is 11.9. The van der Waals surface area contributed by atoms with Crippen LogP contribution in [0.2, 0.25) is 0 Å². The van der Waals surface area contributed by atoms with Gasteiger partial charge in [-0.3, -0.25) is 9.48 Å². The van der Waals surface area contributed by atoms with Crippen molar-refractivity contribution in [3.8, 4) is 0 Å². The highest BCUT2D eigenvalue weighted by Crippen LogP contribution is 2.23. The van der Waals surface area contributed by atoms with Gasteiger partial charge in [-0.05, 0) is 12.3 Å². The Morgan fingerprint density at radius 2 is 2.50 bits per heavy atom. The molecule has 1 aliphatic rings. The fourth-order valence-electron chi connectivity index (χ4n) is 1.74. The highest BCUT2D eigenvalue weighted by atomic mass is 16.5. The van der Waals surface area contributed by atoms with Crippen molar-refractivity contribution in [3.05, 3.63) is 18.0 Å². The van der Waals surface area contributed by atoms with Crippen LogP contribution in [0, 0.1) is 5.92 Å². The summed E-state index contributed by atoms with van der Waals surface area (Å²) in [5, 5.41) is 3.97. The molecule has 0 N–H and O–H groups in total. The van der Waals surface area contributed by atoms with Crippen LogP contribution in [-0.2, 0) is 11.8 Å². The monoisotopic (exact) mass is 194 g/mol. The number of carbonyl (C=O) groups is 1. The topological polar surface area (TPSA) is 44.1 Å². The molecule has 1 aromatic rings. The summed E-state index contributed by atoms with van der Waals surface area (Å²) in [4.78, 5) is 11.9. The molecule has 4 nitrogen and oxygen atoms in total.